The molecule has 0 aromatic heterocycles. The van der Waals surface area contributed by atoms with Gasteiger partial charge in [-0.1, -0.05) is 42.5 Å². The molecule has 0 fully saturated rings. The summed E-state index contributed by atoms with van der Waals surface area (Å²) in [7, 11) is 1.43. The second kappa shape index (κ2) is 8.50. The Morgan fingerprint density at radius 2 is 1.79 bits per heavy atom. The molecular weight excluding hydrogens is 419 g/mol. The number of anilines is 2. The maximum atomic E-state index is 13.9. The number of methoxy groups -OCH3 is 1. The number of benzene rings is 3. The average Bonchev–Trinajstić information content (AvgIpc) is 2.83. The Morgan fingerprint density at radius 3 is 2.42 bits per heavy atom. The number of nitrogens with two attached hydrogens (primary N) is 2. The lowest BCUT2D eigenvalue weighted by Crippen LogP contribution is -2.71. The van der Waals surface area contributed by atoms with Gasteiger partial charge in [-0.25, -0.2) is 4.39 Å². The molecule has 172 valence electrons. The third-order valence-corrected chi connectivity index (χ3v) is 6.49. The third-order valence-electron chi connectivity index (χ3n) is 6.49. The molecule has 33 heavy (non-hydrogen) atoms. The molecule has 2 unspecified atom stereocenters. The summed E-state index contributed by atoms with van der Waals surface area (Å²) in [4.78, 5) is 14.2. The molecule has 0 spiro atoms. The molecule has 1 aliphatic rings. The van der Waals surface area contributed by atoms with Gasteiger partial charge in [0.1, 0.15) is 18.0 Å². The minimum Gasteiger partial charge on any atom is -0.494 e. The van der Waals surface area contributed by atoms with E-state index >= 15 is 0 Å². The van der Waals surface area contributed by atoms with E-state index in [2.05, 4.69) is 5.32 Å². The molecule has 5 N–H and O–H groups in total. The highest BCUT2D eigenvalue weighted by Crippen LogP contribution is 2.46. The molecule has 4 rings (SSSR count). The topological polar surface area (TPSA) is 93.6 Å². The van der Waals surface area contributed by atoms with E-state index < -0.39 is 23.1 Å². The van der Waals surface area contributed by atoms with E-state index in [1.165, 1.54) is 13.2 Å². The van der Waals surface area contributed by atoms with E-state index in [0.29, 0.717) is 0 Å². The van der Waals surface area contributed by atoms with Crippen LogP contribution in [0.5, 0.6) is 5.75 Å². The standard InChI is InChI=1S/C26H29FN4O2/c1-25(2)24(15-32)30-21-13-17(18-9-11-20(27)23(14-18)33-3)10-12-22(21)31(25)26(29,16-28)19-7-5-4-6-8-19/h4-15,24,30H,16,28-29H2,1-3H3. The van der Waals surface area contributed by atoms with Crippen molar-refractivity contribution in [1.29, 1.82) is 0 Å². The van der Waals surface area contributed by atoms with Crippen LogP contribution in [0.25, 0.3) is 11.1 Å². The Kier molecular flexibility index (Phi) is 5.86. The first kappa shape index (κ1) is 22.8. The third kappa shape index (κ3) is 3.73. The second-order valence-corrected chi connectivity index (χ2v) is 8.82. The van der Waals surface area contributed by atoms with Crippen molar-refractivity contribution >= 4 is 17.7 Å². The number of carbonyl (C=O) groups is 1. The van der Waals surface area contributed by atoms with Crippen LogP contribution >= 0.6 is 0 Å². The zero-order valence-corrected chi connectivity index (χ0v) is 19.0. The van der Waals surface area contributed by atoms with E-state index in [4.69, 9.17) is 16.2 Å². The number of rotatable bonds is 6. The van der Waals surface area contributed by atoms with Gasteiger partial charge in [0.2, 0.25) is 0 Å². The zero-order valence-electron chi connectivity index (χ0n) is 19.0. The molecule has 6 nitrogen and oxygen atoms in total. The summed E-state index contributed by atoms with van der Waals surface area (Å²) in [6.45, 7) is 4.09. The molecule has 0 amide bonds. The molecule has 0 saturated carbocycles. The van der Waals surface area contributed by atoms with Crippen LogP contribution < -0.4 is 26.4 Å². The van der Waals surface area contributed by atoms with Crippen molar-refractivity contribution in [2.45, 2.75) is 31.1 Å². The van der Waals surface area contributed by atoms with Crippen LogP contribution in [0.15, 0.2) is 66.7 Å². The fourth-order valence-corrected chi connectivity index (χ4v) is 4.65. The van der Waals surface area contributed by atoms with Crippen LogP contribution in [0, 0.1) is 5.82 Å². The minimum atomic E-state index is -1.05. The number of ether oxygens (including phenoxy) is 1. The summed E-state index contributed by atoms with van der Waals surface area (Å²) in [6.07, 6.45) is 0.894. The summed E-state index contributed by atoms with van der Waals surface area (Å²) in [5, 5.41) is 3.35. The SMILES string of the molecule is COc1cc(-c2ccc3c(c2)NC(C=O)C(C)(C)N3C(N)(CN)c2ccccc2)ccc1F. The highest BCUT2D eigenvalue weighted by molar-refractivity contribution is 5.86. The van der Waals surface area contributed by atoms with Crippen LogP contribution in [0.1, 0.15) is 19.4 Å². The number of carbonyl (C=O) groups excluding carboxylic acids is 1. The van der Waals surface area contributed by atoms with Gasteiger partial charge in [-0.05, 0) is 54.8 Å². The van der Waals surface area contributed by atoms with Crippen molar-refractivity contribution in [3.63, 3.8) is 0 Å². The Balaban J connectivity index is 1.89. The Bertz CT molecular complexity index is 1170. The van der Waals surface area contributed by atoms with Crippen LogP contribution in [-0.4, -0.2) is 31.5 Å². The smallest absolute Gasteiger partial charge is 0.165 e. The first-order valence-corrected chi connectivity index (χ1v) is 10.8. The van der Waals surface area contributed by atoms with E-state index in [-0.39, 0.29) is 12.3 Å². The number of halogens is 1. The summed E-state index contributed by atoms with van der Waals surface area (Å²) in [6, 6.07) is 19.7. The largest absolute Gasteiger partial charge is 0.494 e. The molecule has 3 aromatic rings. The molecule has 7 heteroatoms. The van der Waals surface area contributed by atoms with Crippen molar-refractivity contribution in [3.8, 4) is 16.9 Å². The van der Waals surface area contributed by atoms with Crippen molar-refractivity contribution in [1.82, 2.24) is 0 Å². The van der Waals surface area contributed by atoms with Crippen LogP contribution in [0.4, 0.5) is 15.8 Å². The maximum absolute atomic E-state index is 13.9. The predicted molar refractivity (Wildman–Crippen MR) is 130 cm³/mol. The summed E-state index contributed by atoms with van der Waals surface area (Å²) < 4.78 is 19.0. The fraction of sp³-hybridized carbons (Fsp3) is 0.269. The van der Waals surface area contributed by atoms with Gasteiger partial charge in [0.05, 0.1) is 24.0 Å². The number of fused-ring (bicyclic) bond motifs is 1. The van der Waals surface area contributed by atoms with Crippen LogP contribution in [0.2, 0.25) is 0 Å². The first-order valence-electron chi connectivity index (χ1n) is 10.8. The number of nitrogens with zero attached hydrogens (tertiary/aromatic N) is 1. The highest BCUT2D eigenvalue weighted by Gasteiger charge is 2.49. The van der Waals surface area contributed by atoms with Crippen molar-refractivity contribution in [2.75, 3.05) is 23.9 Å². The molecular formula is C26H29FN4O2. The monoisotopic (exact) mass is 448 g/mol. The van der Waals surface area contributed by atoms with Crippen LogP contribution in [0.3, 0.4) is 0 Å². The first-order chi connectivity index (χ1) is 15.8. The lowest BCUT2D eigenvalue weighted by molar-refractivity contribution is -0.109. The molecule has 1 heterocycles. The molecule has 2 atom stereocenters. The number of aldehydes is 1. The van der Waals surface area contributed by atoms with Gasteiger partial charge in [-0.3, -0.25) is 0 Å². The highest BCUT2D eigenvalue weighted by atomic mass is 19.1. The van der Waals surface area contributed by atoms with Gasteiger partial charge in [0.25, 0.3) is 0 Å². The number of hydrogen-bond acceptors (Lipinski definition) is 6. The lowest BCUT2D eigenvalue weighted by atomic mass is 9.83. The lowest BCUT2D eigenvalue weighted by Gasteiger charge is -2.56. The van der Waals surface area contributed by atoms with E-state index in [0.717, 1.165) is 34.4 Å². The molecule has 3 aromatic carbocycles. The van der Waals surface area contributed by atoms with Crippen LogP contribution in [-0.2, 0) is 10.5 Å². The van der Waals surface area contributed by atoms with Gasteiger partial charge in [0, 0.05) is 6.54 Å². The van der Waals surface area contributed by atoms with Crippen molar-refractivity contribution in [3.05, 3.63) is 78.1 Å². The predicted octanol–water partition coefficient (Wildman–Crippen LogP) is 3.85. The van der Waals surface area contributed by atoms with Crippen molar-refractivity contribution < 1.29 is 13.9 Å². The maximum Gasteiger partial charge on any atom is 0.165 e. The molecule has 1 aliphatic heterocycles. The molecule has 0 bridgehead atoms. The molecule has 0 radical (unpaired) electrons. The Labute approximate surface area is 193 Å². The summed E-state index contributed by atoms with van der Waals surface area (Å²) in [5.41, 5.74) is 15.6. The fourth-order valence-electron chi connectivity index (χ4n) is 4.65. The van der Waals surface area contributed by atoms with E-state index in [1.807, 2.05) is 67.3 Å². The Morgan fingerprint density at radius 1 is 1.12 bits per heavy atom. The van der Waals surface area contributed by atoms with Gasteiger partial charge in [0.15, 0.2) is 11.6 Å². The normalized spacial score (nSPS) is 18.6. The van der Waals surface area contributed by atoms with Gasteiger partial charge in [-0.2, -0.15) is 0 Å². The zero-order chi connectivity index (χ0) is 23.8. The molecule has 0 aliphatic carbocycles. The van der Waals surface area contributed by atoms with Gasteiger partial charge < -0.3 is 31.2 Å². The van der Waals surface area contributed by atoms with Gasteiger partial charge in [-0.15, -0.1) is 0 Å². The number of nitrogens with one attached hydrogen (secondary N) is 1. The minimum absolute atomic E-state index is 0.141. The van der Waals surface area contributed by atoms with E-state index in [1.54, 1.807) is 12.1 Å². The quantitative estimate of drug-likeness (QED) is 0.496. The summed E-state index contributed by atoms with van der Waals surface area (Å²) in [5.74, 6) is -0.259. The average molecular weight is 449 g/mol. The van der Waals surface area contributed by atoms with Gasteiger partial charge >= 0.3 is 0 Å². The Hall–Kier alpha value is -3.42. The van der Waals surface area contributed by atoms with E-state index in [9.17, 15) is 9.18 Å². The second-order valence-electron chi connectivity index (χ2n) is 8.82. The molecule has 0 saturated heterocycles. The summed E-state index contributed by atoms with van der Waals surface area (Å²) >= 11 is 0. The number of hydrogen-bond donors (Lipinski definition) is 3. The van der Waals surface area contributed by atoms with Crippen molar-refractivity contribution in [2.24, 2.45) is 11.5 Å².